The Hall–Kier alpha value is -3.15. The van der Waals surface area contributed by atoms with Crippen molar-refractivity contribution in [3.8, 4) is 0 Å². The number of benzene rings is 2. The fourth-order valence-electron chi connectivity index (χ4n) is 3.05. The van der Waals surface area contributed by atoms with E-state index in [1.54, 1.807) is 0 Å². The molecule has 0 aliphatic carbocycles. The number of hydrogen-bond donors (Lipinski definition) is 2. The highest BCUT2D eigenvalue weighted by Crippen LogP contribution is 2.19. The third-order valence-electron chi connectivity index (χ3n) is 4.43. The van der Waals surface area contributed by atoms with Gasteiger partial charge in [0.2, 0.25) is 11.8 Å². The maximum atomic E-state index is 12.7. The molecule has 0 fully saturated rings. The summed E-state index contributed by atoms with van der Waals surface area (Å²) >= 11 is 0. The summed E-state index contributed by atoms with van der Waals surface area (Å²) in [6.07, 6.45) is 0.561. The molecule has 0 aliphatic rings. The highest BCUT2D eigenvalue weighted by Gasteiger charge is 2.14. The van der Waals surface area contributed by atoms with Crippen LogP contribution in [0, 0.1) is 13.8 Å². The van der Waals surface area contributed by atoms with Crippen LogP contribution in [0.5, 0.6) is 0 Å². The Balaban J connectivity index is 1.82. The molecule has 0 saturated carbocycles. The Bertz CT molecular complexity index is 991. The van der Waals surface area contributed by atoms with Gasteiger partial charge in [-0.1, -0.05) is 24.3 Å². The number of rotatable bonds is 6. The maximum Gasteiger partial charge on any atom is 0.244 e. The van der Waals surface area contributed by atoms with Crippen LogP contribution in [0.25, 0.3) is 11.0 Å². The van der Waals surface area contributed by atoms with Gasteiger partial charge in [0, 0.05) is 25.6 Å². The number of carbonyl (C=O) groups is 2. The molecule has 6 heteroatoms. The number of anilines is 1. The number of fused-ring (bicyclic) bond motifs is 1. The predicted octanol–water partition coefficient (Wildman–Crippen LogP) is 2.97. The van der Waals surface area contributed by atoms with Crippen LogP contribution in [-0.4, -0.2) is 27.9 Å². The van der Waals surface area contributed by atoms with Gasteiger partial charge in [0.15, 0.2) is 0 Å². The monoisotopic (exact) mass is 364 g/mol. The normalized spacial score (nSPS) is 10.8. The van der Waals surface area contributed by atoms with Crippen molar-refractivity contribution in [1.29, 1.82) is 0 Å². The zero-order valence-electron chi connectivity index (χ0n) is 15.9. The molecule has 0 radical (unpaired) electrons. The Kier molecular flexibility index (Phi) is 5.54. The van der Waals surface area contributed by atoms with E-state index in [1.165, 1.54) is 6.92 Å². The molecule has 1 heterocycles. The van der Waals surface area contributed by atoms with Crippen molar-refractivity contribution >= 4 is 28.5 Å². The Morgan fingerprint density at radius 1 is 1.11 bits per heavy atom. The van der Waals surface area contributed by atoms with E-state index in [4.69, 9.17) is 0 Å². The zero-order chi connectivity index (χ0) is 19.4. The molecule has 3 rings (SSSR count). The van der Waals surface area contributed by atoms with Crippen molar-refractivity contribution in [2.24, 2.45) is 0 Å². The lowest BCUT2D eigenvalue weighted by molar-refractivity contribution is -0.119. The summed E-state index contributed by atoms with van der Waals surface area (Å²) in [5.74, 6) is 0.596. The molecule has 0 bridgehead atoms. The summed E-state index contributed by atoms with van der Waals surface area (Å²) in [7, 11) is 0. The highest BCUT2D eigenvalue weighted by molar-refractivity contribution is 5.92. The zero-order valence-corrected chi connectivity index (χ0v) is 15.9. The van der Waals surface area contributed by atoms with Crippen molar-refractivity contribution in [3.63, 3.8) is 0 Å². The van der Waals surface area contributed by atoms with Gasteiger partial charge in [-0.15, -0.1) is 0 Å². The van der Waals surface area contributed by atoms with Crippen molar-refractivity contribution in [1.82, 2.24) is 14.9 Å². The van der Waals surface area contributed by atoms with Crippen LogP contribution in [-0.2, 0) is 22.6 Å². The first-order valence-corrected chi connectivity index (χ1v) is 8.99. The summed E-state index contributed by atoms with van der Waals surface area (Å²) in [5, 5.41) is 5.78. The molecular weight excluding hydrogens is 340 g/mol. The van der Waals surface area contributed by atoms with Crippen molar-refractivity contribution in [3.05, 3.63) is 59.4 Å². The molecule has 0 atom stereocenters. The third-order valence-corrected chi connectivity index (χ3v) is 4.43. The first-order valence-electron chi connectivity index (χ1n) is 8.99. The fourth-order valence-corrected chi connectivity index (χ4v) is 3.05. The second kappa shape index (κ2) is 8.03. The topological polar surface area (TPSA) is 76.0 Å². The third kappa shape index (κ3) is 4.53. The molecule has 140 valence electrons. The van der Waals surface area contributed by atoms with E-state index in [1.807, 2.05) is 60.9 Å². The largest absolute Gasteiger partial charge is 0.356 e. The number of imidazole rings is 1. The Labute approximate surface area is 158 Å². The van der Waals surface area contributed by atoms with Crippen LogP contribution >= 0.6 is 0 Å². The quantitative estimate of drug-likeness (QED) is 0.706. The summed E-state index contributed by atoms with van der Waals surface area (Å²) < 4.78 is 1.91. The van der Waals surface area contributed by atoms with Crippen LogP contribution in [0.1, 0.15) is 23.9 Å². The Morgan fingerprint density at radius 3 is 2.67 bits per heavy atom. The van der Waals surface area contributed by atoms with Gasteiger partial charge in [-0.25, -0.2) is 4.98 Å². The van der Waals surface area contributed by atoms with E-state index in [0.29, 0.717) is 13.0 Å². The van der Waals surface area contributed by atoms with Gasteiger partial charge in [0.1, 0.15) is 12.4 Å². The molecule has 0 aliphatic heterocycles. The van der Waals surface area contributed by atoms with E-state index in [0.717, 1.165) is 33.7 Å². The van der Waals surface area contributed by atoms with E-state index in [-0.39, 0.29) is 18.4 Å². The first-order chi connectivity index (χ1) is 12.9. The SMILES string of the molecule is CC(=O)NCCc1nc2ccccc2n1CC(=O)Nc1cc(C)ccc1C. The molecule has 0 spiro atoms. The number of aromatic nitrogens is 2. The van der Waals surface area contributed by atoms with Crippen LogP contribution in [0.4, 0.5) is 5.69 Å². The van der Waals surface area contributed by atoms with E-state index >= 15 is 0 Å². The summed E-state index contributed by atoms with van der Waals surface area (Å²) in [6, 6.07) is 13.7. The second-order valence-electron chi connectivity index (χ2n) is 6.70. The molecule has 0 unspecified atom stereocenters. The summed E-state index contributed by atoms with van der Waals surface area (Å²) in [4.78, 5) is 28.5. The fraction of sp³-hybridized carbons (Fsp3) is 0.286. The summed E-state index contributed by atoms with van der Waals surface area (Å²) in [6.45, 7) is 6.11. The number of nitrogens with one attached hydrogen (secondary N) is 2. The summed E-state index contributed by atoms with van der Waals surface area (Å²) in [5.41, 5.74) is 4.70. The van der Waals surface area contributed by atoms with Gasteiger partial charge in [0.05, 0.1) is 11.0 Å². The molecule has 2 aromatic carbocycles. The van der Waals surface area contributed by atoms with Crippen LogP contribution < -0.4 is 10.6 Å². The number of carbonyl (C=O) groups excluding carboxylic acids is 2. The molecule has 1 aromatic heterocycles. The second-order valence-corrected chi connectivity index (χ2v) is 6.70. The van der Waals surface area contributed by atoms with Gasteiger partial charge in [-0.3, -0.25) is 9.59 Å². The molecule has 27 heavy (non-hydrogen) atoms. The number of aryl methyl sites for hydroxylation is 2. The Morgan fingerprint density at radius 2 is 1.89 bits per heavy atom. The van der Waals surface area contributed by atoms with Crippen LogP contribution in [0.2, 0.25) is 0 Å². The standard InChI is InChI=1S/C21H24N4O2/c1-14-8-9-15(2)18(12-14)24-21(27)13-25-19-7-5-4-6-17(19)23-20(25)10-11-22-16(3)26/h4-9,12H,10-11,13H2,1-3H3,(H,22,26)(H,24,27). The van der Waals surface area contributed by atoms with Crippen LogP contribution in [0.15, 0.2) is 42.5 Å². The molecular formula is C21H24N4O2. The molecule has 3 aromatic rings. The van der Waals surface area contributed by atoms with Gasteiger partial charge in [-0.2, -0.15) is 0 Å². The lowest BCUT2D eigenvalue weighted by Gasteiger charge is -2.12. The van der Waals surface area contributed by atoms with Gasteiger partial charge in [0.25, 0.3) is 0 Å². The minimum atomic E-state index is -0.104. The van der Waals surface area contributed by atoms with Gasteiger partial charge in [-0.05, 0) is 43.2 Å². The highest BCUT2D eigenvalue weighted by atomic mass is 16.2. The van der Waals surface area contributed by atoms with E-state index < -0.39 is 0 Å². The molecule has 0 saturated heterocycles. The molecule has 6 nitrogen and oxygen atoms in total. The number of hydrogen-bond acceptors (Lipinski definition) is 3. The van der Waals surface area contributed by atoms with E-state index in [9.17, 15) is 9.59 Å². The van der Waals surface area contributed by atoms with Crippen molar-refractivity contribution in [2.45, 2.75) is 33.7 Å². The molecule has 2 N–H and O–H groups in total. The lowest BCUT2D eigenvalue weighted by atomic mass is 10.1. The van der Waals surface area contributed by atoms with Crippen molar-refractivity contribution < 1.29 is 9.59 Å². The van der Waals surface area contributed by atoms with E-state index in [2.05, 4.69) is 15.6 Å². The average molecular weight is 364 g/mol. The van der Waals surface area contributed by atoms with Gasteiger partial charge < -0.3 is 15.2 Å². The maximum absolute atomic E-state index is 12.7. The van der Waals surface area contributed by atoms with Crippen molar-refractivity contribution in [2.75, 3.05) is 11.9 Å². The smallest absolute Gasteiger partial charge is 0.244 e. The lowest BCUT2D eigenvalue weighted by Crippen LogP contribution is -2.25. The predicted molar refractivity (Wildman–Crippen MR) is 107 cm³/mol. The van der Waals surface area contributed by atoms with Crippen LogP contribution in [0.3, 0.4) is 0 Å². The van der Waals surface area contributed by atoms with Gasteiger partial charge >= 0.3 is 0 Å². The average Bonchev–Trinajstić information content (AvgIpc) is 2.95. The number of nitrogens with zero attached hydrogens (tertiary/aromatic N) is 2. The minimum absolute atomic E-state index is 0.0784. The minimum Gasteiger partial charge on any atom is -0.356 e. The number of para-hydroxylation sites is 2. The number of amides is 2. The molecule has 2 amide bonds. The first kappa shape index (κ1) is 18.6.